The molecule has 1 aromatic heterocycles. The van der Waals surface area contributed by atoms with Gasteiger partial charge in [-0.1, -0.05) is 74.9 Å². The van der Waals surface area contributed by atoms with E-state index in [0.717, 1.165) is 27.6 Å². The maximum Gasteiger partial charge on any atom is 0.336 e. The van der Waals surface area contributed by atoms with E-state index in [-0.39, 0.29) is 11.0 Å². The van der Waals surface area contributed by atoms with E-state index < -0.39 is 0 Å². The summed E-state index contributed by atoms with van der Waals surface area (Å²) in [5.74, 6) is 0. The molecule has 0 saturated carbocycles. The van der Waals surface area contributed by atoms with Crippen LogP contribution in [0.25, 0.3) is 33.2 Å². The van der Waals surface area contributed by atoms with Crippen LogP contribution in [0.5, 0.6) is 0 Å². The Labute approximate surface area is 165 Å². The Morgan fingerprint density at radius 3 is 2.18 bits per heavy atom. The highest BCUT2D eigenvalue weighted by Crippen LogP contribution is 2.33. The van der Waals surface area contributed by atoms with Crippen molar-refractivity contribution < 1.29 is 4.42 Å². The highest BCUT2D eigenvalue weighted by Gasteiger charge is 2.16. The molecule has 2 nitrogen and oxygen atoms in total. The van der Waals surface area contributed by atoms with Gasteiger partial charge in [-0.15, -0.1) is 0 Å². The summed E-state index contributed by atoms with van der Waals surface area (Å²) < 4.78 is 5.46. The minimum atomic E-state index is -0.327. The van der Waals surface area contributed by atoms with Gasteiger partial charge in [0.05, 0.1) is 0 Å². The van der Waals surface area contributed by atoms with Crippen LogP contribution >= 0.6 is 0 Å². The van der Waals surface area contributed by atoms with Crippen LogP contribution < -0.4 is 5.63 Å². The summed E-state index contributed by atoms with van der Waals surface area (Å²) in [6.07, 6.45) is 0. The summed E-state index contributed by atoms with van der Waals surface area (Å²) in [4.78, 5) is 12.2. The molecule has 0 saturated heterocycles. The first-order valence-corrected chi connectivity index (χ1v) is 9.57. The van der Waals surface area contributed by atoms with Gasteiger partial charge in [0.15, 0.2) is 0 Å². The molecule has 1 heterocycles. The first-order chi connectivity index (χ1) is 13.3. The van der Waals surface area contributed by atoms with E-state index in [1.54, 1.807) is 6.07 Å². The molecule has 0 fully saturated rings. The first-order valence-electron chi connectivity index (χ1n) is 9.57. The summed E-state index contributed by atoms with van der Waals surface area (Å²) in [7, 11) is 0. The van der Waals surface area contributed by atoms with Crippen molar-refractivity contribution in [1.82, 2.24) is 0 Å². The monoisotopic (exact) mass is 368 g/mol. The Hall–Kier alpha value is -3.13. The standard InChI is InChI=1S/C26H24O2/c1-17-8-10-18(11-9-17)19-6-5-7-20(14-19)22-16-25(27)28-24-13-12-21(15-23(22)24)26(2,3)4/h5-16H,1-4H3. The van der Waals surface area contributed by atoms with E-state index in [9.17, 15) is 4.79 Å². The smallest absolute Gasteiger partial charge is 0.336 e. The largest absolute Gasteiger partial charge is 0.423 e. The molecule has 140 valence electrons. The van der Waals surface area contributed by atoms with E-state index in [1.807, 2.05) is 18.2 Å². The molecule has 0 atom stereocenters. The van der Waals surface area contributed by atoms with Crippen molar-refractivity contribution in [3.63, 3.8) is 0 Å². The van der Waals surface area contributed by atoms with Crippen molar-refractivity contribution in [1.29, 1.82) is 0 Å². The van der Waals surface area contributed by atoms with Gasteiger partial charge in [-0.3, -0.25) is 0 Å². The lowest BCUT2D eigenvalue weighted by molar-refractivity contribution is 0.559. The van der Waals surface area contributed by atoms with E-state index >= 15 is 0 Å². The lowest BCUT2D eigenvalue weighted by Gasteiger charge is -2.20. The van der Waals surface area contributed by atoms with Crippen LogP contribution in [0.1, 0.15) is 31.9 Å². The van der Waals surface area contributed by atoms with E-state index in [0.29, 0.717) is 5.58 Å². The van der Waals surface area contributed by atoms with E-state index in [1.165, 1.54) is 11.1 Å². The predicted molar refractivity (Wildman–Crippen MR) is 117 cm³/mol. The van der Waals surface area contributed by atoms with Crippen molar-refractivity contribution in [2.45, 2.75) is 33.1 Å². The molecule has 4 aromatic rings. The third-order valence-electron chi connectivity index (χ3n) is 5.17. The van der Waals surface area contributed by atoms with Crippen LogP contribution in [0, 0.1) is 6.92 Å². The second kappa shape index (κ2) is 6.79. The number of rotatable bonds is 2. The van der Waals surface area contributed by atoms with Gasteiger partial charge in [-0.2, -0.15) is 0 Å². The van der Waals surface area contributed by atoms with Gasteiger partial charge >= 0.3 is 5.63 Å². The number of hydrogen-bond acceptors (Lipinski definition) is 2. The number of aryl methyl sites for hydroxylation is 1. The molecule has 0 N–H and O–H groups in total. The lowest BCUT2D eigenvalue weighted by Crippen LogP contribution is -2.11. The molecule has 0 unspecified atom stereocenters. The molecule has 28 heavy (non-hydrogen) atoms. The van der Waals surface area contributed by atoms with Crippen molar-refractivity contribution in [3.05, 3.63) is 94.3 Å². The number of benzene rings is 3. The van der Waals surface area contributed by atoms with Crippen LogP contribution in [0.15, 0.2) is 82.0 Å². The maximum atomic E-state index is 12.2. The van der Waals surface area contributed by atoms with Crippen molar-refractivity contribution in [3.8, 4) is 22.3 Å². The molecule has 4 rings (SSSR count). The Morgan fingerprint density at radius 1 is 0.750 bits per heavy atom. The summed E-state index contributed by atoms with van der Waals surface area (Å²) in [6, 6.07) is 24.5. The summed E-state index contributed by atoms with van der Waals surface area (Å²) in [6.45, 7) is 8.64. The second-order valence-corrected chi connectivity index (χ2v) is 8.39. The van der Waals surface area contributed by atoms with Crippen LogP contribution in [-0.4, -0.2) is 0 Å². The molecule has 0 aliphatic heterocycles. The first kappa shape index (κ1) is 18.2. The van der Waals surface area contributed by atoms with E-state index in [4.69, 9.17) is 4.42 Å². The normalized spacial score (nSPS) is 11.7. The summed E-state index contributed by atoms with van der Waals surface area (Å²) in [5.41, 5.74) is 6.98. The molecule has 0 bridgehead atoms. The summed E-state index contributed by atoms with van der Waals surface area (Å²) >= 11 is 0. The Bertz CT molecular complexity index is 1210. The van der Waals surface area contributed by atoms with Crippen molar-refractivity contribution in [2.75, 3.05) is 0 Å². The van der Waals surface area contributed by atoms with Crippen LogP contribution in [0.2, 0.25) is 0 Å². The number of hydrogen-bond donors (Lipinski definition) is 0. The SMILES string of the molecule is Cc1ccc(-c2cccc(-c3cc(=O)oc4ccc(C(C)(C)C)cc34)c2)cc1. The van der Waals surface area contributed by atoms with Crippen LogP contribution in [0.3, 0.4) is 0 Å². The fourth-order valence-corrected chi connectivity index (χ4v) is 3.48. The molecule has 0 aliphatic rings. The Balaban J connectivity index is 1.92. The predicted octanol–water partition coefficient (Wildman–Crippen LogP) is 6.73. The lowest BCUT2D eigenvalue weighted by atomic mass is 9.85. The molecule has 0 radical (unpaired) electrons. The van der Waals surface area contributed by atoms with E-state index in [2.05, 4.69) is 76.2 Å². The van der Waals surface area contributed by atoms with Gasteiger partial charge in [0.2, 0.25) is 0 Å². The second-order valence-electron chi connectivity index (χ2n) is 8.39. The fraction of sp³-hybridized carbons (Fsp3) is 0.192. The Morgan fingerprint density at radius 2 is 1.46 bits per heavy atom. The fourth-order valence-electron chi connectivity index (χ4n) is 3.48. The maximum absolute atomic E-state index is 12.2. The zero-order valence-corrected chi connectivity index (χ0v) is 16.7. The average Bonchev–Trinajstić information content (AvgIpc) is 2.67. The molecule has 2 heteroatoms. The molecule has 0 spiro atoms. The minimum absolute atomic E-state index is 0.0192. The van der Waals surface area contributed by atoms with Gasteiger partial charge in [0.25, 0.3) is 0 Å². The zero-order chi connectivity index (χ0) is 19.9. The molecule has 0 amide bonds. The third kappa shape index (κ3) is 3.50. The molecule has 3 aromatic carbocycles. The van der Waals surface area contributed by atoms with Gasteiger partial charge < -0.3 is 4.42 Å². The number of fused-ring (bicyclic) bond motifs is 1. The minimum Gasteiger partial charge on any atom is -0.423 e. The topological polar surface area (TPSA) is 30.2 Å². The highest BCUT2D eigenvalue weighted by molar-refractivity contribution is 5.94. The highest BCUT2D eigenvalue weighted by atomic mass is 16.4. The molecular weight excluding hydrogens is 344 g/mol. The summed E-state index contributed by atoms with van der Waals surface area (Å²) in [5, 5.41) is 0.966. The van der Waals surface area contributed by atoms with Gasteiger partial charge in [0.1, 0.15) is 5.58 Å². The third-order valence-corrected chi connectivity index (χ3v) is 5.17. The quantitative estimate of drug-likeness (QED) is 0.367. The van der Waals surface area contributed by atoms with Gasteiger partial charge in [-0.25, -0.2) is 4.79 Å². The van der Waals surface area contributed by atoms with Gasteiger partial charge in [0, 0.05) is 11.5 Å². The van der Waals surface area contributed by atoms with Gasteiger partial charge in [-0.05, 0) is 58.4 Å². The molecule has 0 aliphatic carbocycles. The van der Waals surface area contributed by atoms with Crippen LogP contribution in [-0.2, 0) is 5.41 Å². The average molecular weight is 368 g/mol. The van der Waals surface area contributed by atoms with Crippen molar-refractivity contribution in [2.24, 2.45) is 0 Å². The Kier molecular flexibility index (Phi) is 4.43. The van der Waals surface area contributed by atoms with Crippen molar-refractivity contribution >= 4 is 11.0 Å². The zero-order valence-electron chi connectivity index (χ0n) is 16.7. The molecular formula is C26H24O2. The van der Waals surface area contributed by atoms with Crippen LogP contribution in [0.4, 0.5) is 0 Å².